The van der Waals surface area contributed by atoms with Crippen LogP contribution in [0.3, 0.4) is 0 Å². The van der Waals surface area contributed by atoms with Crippen LogP contribution in [0.15, 0.2) is 30.3 Å². The first-order valence-corrected chi connectivity index (χ1v) is 7.12. The van der Waals surface area contributed by atoms with E-state index in [1.54, 1.807) is 0 Å². The molecule has 0 amide bonds. The van der Waals surface area contributed by atoms with Crippen LogP contribution in [0, 0.1) is 5.41 Å². The van der Waals surface area contributed by atoms with Gasteiger partial charge in [-0.3, -0.25) is 0 Å². The van der Waals surface area contributed by atoms with E-state index in [2.05, 4.69) is 24.3 Å². The van der Waals surface area contributed by atoms with Crippen molar-refractivity contribution in [3.8, 4) is 0 Å². The third-order valence-electron chi connectivity index (χ3n) is 5.00. The molecule has 2 saturated carbocycles. The van der Waals surface area contributed by atoms with Crippen molar-refractivity contribution in [1.29, 1.82) is 0 Å². The number of ether oxygens (including phenoxy) is 2. The van der Waals surface area contributed by atoms with Crippen LogP contribution in [0.1, 0.15) is 37.7 Å². The Morgan fingerprint density at radius 2 is 2.00 bits per heavy atom. The zero-order valence-electron chi connectivity index (χ0n) is 10.7. The van der Waals surface area contributed by atoms with Crippen molar-refractivity contribution < 1.29 is 9.47 Å². The molecule has 2 nitrogen and oxygen atoms in total. The molecule has 2 atom stereocenters. The monoisotopic (exact) mass is 244 g/mol. The highest BCUT2D eigenvalue weighted by molar-refractivity contribution is 5.26. The summed E-state index contributed by atoms with van der Waals surface area (Å²) in [6.45, 7) is 1.46. The molecule has 1 aromatic carbocycles. The van der Waals surface area contributed by atoms with Crippen LogP contribution in [0.2, 0.25) is 0 Å². The largest absolute Gasteiger partial charge is 0.374 e. The maximum atomic E-state index is 6.25. The molecule has 1 unspecified atom stereocenters. The average Bonchev–Trinajstić information content (AvgIpc) is 3.24. The van der Waals surface area contributed by atoms with E-state index in [0.717, 1.165) is 6.61 Å². The van der Waals surface area contributed by atoms with Gasteiger partial charge in [-0.25, -0.2) is 0 Å². The van der Waals surface area contributed by atoms with Gasteiger partial charge in [0.15, 0.2) is 0 Å². The number of fused-ring (bicyclic) bond motifs is 1. The summed E-state index contributed by atoms with van der Waals surface area (Å²) in [7, 11) is 0. The molecule has 2 aliphatic carbocycles. The van der Waals surface area contributed by atoms with Gasteiger partial charge >= 0.3 is 0 Å². The van der Waals surface area contributed by atoms with E-state index in [0.29, 0.717) is 23.7 Å². The minimum atomic E-state index is 0.299. The van der Waals surface area contributed by atoms with Crippen molar-refractivity contribution in [1.82, 2.24) is 0 Å². The van der Waals surface area contributed by atoms with E-state index in [4.69, 9.17) is 9.47 Å². The third kappa shape index (κ3) is 1.70. The highest BCUT2D eigenvalue weighted by Gasteiger charge is 2.76. The topological polar surface area (TPSA) is 18.5 Å². The molecule has 2 heteroatoms. The van der Waals surface area contributed by atoms with Crippen molar-refractivity contribution in [2.45, 2.75) is 50.4 Å². The Morgan fingerprint density at radius 3 is 2.72 bits per heavy atom. The van der Waals surface area contributed by atoms with E-state index in [-0.39, 0.29) is 0 Å². The average molecular weight is 244 g/mol. The molecule has 1 aromatic rings. The van der Waals surface area contributed by atoms with Gasteiger partial charge in [0.25, 0.3) is 0 Å². The second-order valence-electron chi connectivity index (χ2n) is 6.23. The smallest absolute Gasteiger partial charge is 0.0817 e. The molecule has 18 heavy (non-hydrogen) atoms. The molecule has 3 aliphatic rings. The minimum Gasteiger partial charge on any atom is -0.374 e. The molecule has 0 radical (unpaired) electrons. The van der Waals surface area contributed by atoms with Gasteiger partial charge in [-0.05, 0) is 37.7 Å². The predicted octanol–water partition coefficient (Wildman–Crippen LogP) is 3.30. The van der Waals surface area contributed by atoms with Crippen LogP contribution in [0.25, 0.3) is 0 Å². The van der Waals surface area contributed by atoms with E-state index in [1.807, 2.05) is 6.07 Å². The molecular formula is C16H20O2. The highest BCUT2D eigenvalue weighted by Crippen LogP contribution is 2.77. The molecule has 2 spiro atoms. The lowest BCUT2D eigenvalue weighted by molar-refractivity contribution is -0.0374. The van der Waals surface area contributed by atoms with Crippen LogP contribution in [-0.4, -0.2) is 18.3 Å². The molecule has 96 valence electrons. The van der Waals surface area contributed by atoms with Crippen LogP contribution in [-0.2, 0) is 16.1 Å². The Kier molecular flexibility index (Phi) is 2.33. The van der Waals surface area contributed by atoms with Gasteiger partial charge in [-0.1, -0.05) is 30.3 Å². The van der Waals surface area contributed by atoms with Gasteiger partial charge in [0.2, 0.25) is 0 Å². The maximum absolute atomic E-state index is 6.25. The Balaban J connectivity index is 1.25. The molecule has 0 N–H and O–H groups in total. The SMILES string of the molecule is c1ccc(COCC2CC[C@@]3(CC34CC4)O2)cc1. The Hall–Kier alpha value is -0.860. The first kappa shape index (κ1) is 11.0. The van der Waals surface area contributed by atoms with Crippen LogP contribution in [0.5, 0.6) is 0 Å². The zero-order chi connectivity index (χ0) is 12.1. The van der Waals surface area contributed by atoms with Crippen molar-refractivity contribution in [2.24, 2.45) is 5.41 Å². The summed E-state index contributed by atoms with van der Waals surface area (Å²) in [6.07, 6.45) is 6.95. The molecule has 4 rings (SSSR count). The van der Waals surface area contributed by atoms with Gasteiger partial charge in [-0.15, -0.1) is 0 Å². The molecule has 0 aromatic heterocycles. The second kappa shape index (κ2) is 3.82. The van der Waals surface area contributed by atoms with Crippen molar-refractivity contribution >= 4 is 0 Å². The van der Waals surface area contributed by atoms with Crippen LogP contribution < -0.4 is 0 Å². The van der Waals surface area contributed by atoms with Gasteiger partial charge in [0, 0.05) is 5.41 Å². The number of hydrogen-bond donors (Lipinski definition) is 0. The standard InChI is InChI=1S/C16H20O2/c1-2-4-13(5-3-1)10-17-11-14-6-7-16(18-14)12-15(16)8-9-15/h1-5,14H,6-12H2/t14?,16-/m0/s1. The summed E-state index contributed by atoms with van der Waals surface area (Å²) in [5, 5.41) is 0. The fourth-order valence-electron chi connectivity index (χ4n) is 3.64. The predicted molar refractivity (Wildman–Crippen MR) is 69.2 cm³/mol. The molecule has 0 bridgehead atoms. The lowest BCUT2D eigenvalue weighted by atomic mass is 10.1. The fourth-order valence-corrected chi connectivity index (χ4v) is 3.64. The first-order valence-electron chi connectivity index (χ1n) is 7.12. The zero-order valence-corrected chi connectivity index (χ0v) is 10.7. The lowest BCUT2D eigenvalue weighted by Crippen LogP contribution is -2.19. The fraction of sp³-hybridized carbons (Fsp3) is 0.625. The Morgan fingerprint density at radius 1 is 1.17 bits per heavy atom. The van der Waals surface area contributed by atoms with Gasteiger partial charge in [-0.2, -0.15) is 0 Å². The molecule has 1 heterocycles. The summed E-state index contributed by atoms with van der Waals surface area (Å²) in [5.41, 5.74) is 2.19. The van der Waals surface area contributed by atoms with Gasteiger partial charge in [0.05, 0.1) is 24.9 Å². The van der Waals surface area contributed by atoms with E-state index in [9.17, 15) is 0 Å². The Labute approximate surface area is 108 Å². The number of hydrogen-bond acceptors (Lipinski definition) is 2. The normalized spacial score (nSPS) is 35.2. The number of rotatable bonds is 4. The molecule has 3 fully saturated rings. The van der Waals surface area contributed by atoms with Crippen molar-refractivity contribution in [3.63, 3.8) is 0 Å². The van der Waals surface area contributed by atoms with Gasteiger partial charge < -0.3 is 9.47 Å². The number of benzene rings is 1. The summed E-state index contributed by atoms with van der Waals surface area (Å²) in [5.74, 6) is 0. The summed E-state index contributed by atoms with van der Waals surface area (Å²) >= 11 is 0. The summed E-state index contributed by atoms with van der Waals surface area (Å²) in [4.78, 5) is 0. The van der Waals surface area contributed by atoms with E-state index < -0.39 is 0 Å². The van der Waals surface area contributed by atoms with E-state index >= 15 is 0 Å². The third-order valence-corrected chi connectivity index (χ3v) is 5.00. The molecular weight excluding hydrogens is 224 g/mol. The Bertz CT molecular complexity index is 438. The molecule has 1 aliphatic heterocycles. The van der Waals surface area contributed by atoms with E-state index in [1.165, 1.54) is 37.7 Å². The first-order chi connectivity index (χ1) is 8.82. The summed E-state index contributed by atoms with van der Waals surface area (Å²) in [6, 6.07) is 10.4. The van der Waals surface area contributed by atoms with Crippen molar-refractivity contribution in [3.05, 3.63) is 35.9 Å². The summed E-state index contributed by atoms with van der Waals surface area (Å²) < 4.78 is 12.0. The van der Waals surface area contributed by atoms with Crippen LogP contribution >= 0.6 is 0 Å². The highest BCUT2D eigenvalue weighted by atomic mass is 16.6. The molecule has 1 saturated heterocycles. The van der Waals surface area contributed by atoms with Crippen LogP contribution in [0.4, 0.5) is 0 Å². The lowest BCUT2D eigenvalue weighted by Gasteiger charge is -2.14. The minimum absolute atomic E-state index is 0.299. The second-order valence-corrected chi connectivity index (χ2v) is 6.23. The van der Waals surface area contributed by atoms with Crippen molar-refractivity contribution in [2.75, 3.05) is 6.61 Å². The quantitative estimate of drug-likeness (QED) is 0.809. The van der Waals surface area contributed by atoms with Gasteiger partial charge in [0.1, 0.15) is 0 Å². The maximum Gasteiger partial charge on any atom is 0.0817 e.